The Balaban J connectivity index is 1.22. The Morgan fingerprint density at radius 1 is 1.18 bits per heavy atom. The molecule has 38 heavy (non-hydrogen) atoms. The third-order valence-electron chi connectivity index (χ3n) is 7.70. The number of carbonyl (C=O) groups is 3. The molecule has 10 heteroatoms. The van der Waals surface area contributed by atoms with Crippen LogP contribution in [0.3, 0.4) is 0 Å². The fourth-order valence-electron chi connectivity index (χ4n) is 5.88. The Hall–Kier alpha value is -3.53. The second-order valence-corrected chi connectivity index (χ2v) is 11.3. The van der Waals surface area contributed by atoms with Crippen LogP contribution in [0.2, 0.25) is 0 Å². The summed E-state index contributed by atoms with van der Waals surface area (Å²) in [7, 11) is 0. The maximum absolute atomic E-state index is 13.5. The van der Waals surface area contributed by atoms with Crippen molar-refractivity contribution in [1.29, 1.82) is 0 Å². The Morgan fingerprint density at radius 3 is 2.84 bits per heavy atom. The molecule has 4 heterocycles. The van der Waals surface area contributed by atoms with Crippen molar-refractivity contribution in [2.24, 2.45) is 0 Å². The number of likely N-dealkylation sites (tertiary alicyclic amines) is 1. The molecule has 3 aliphatic heterocycles. The van der Waals surface area contributed by atoms with Gasteiger partial charge in [-0.1, -0.05) is 24.4 Å². The smallest absolute Gasteiger partial charge is 0.327 e. The molecule has 1 aliphatic carbocycles. The Bertz CT molecular complexity index is 1280. The Labute approximate surface area is 226 Å². The molecule has 3 atom stereocenters. The van der Waals surface area contributed by atoms with E-state index in [9.17, 15) is 14.4 Å². The quantitative estimate of drug-likeness (QED) is 0.543. The highest BCUT2D eigenvalue weighted by molar-refractivity contribution is 8.01. The van der Waals surface area contributed by atoms with Crippen LogP contribution in [0.15, 0.2) is 54.2 Å². The normalized spacial score (nSPS) is 24.5. The zero-order valence-corrected chi connectivity index (χ0v) is 21.9. The number of carbonyl (C=O) groups excluding carboxylic acids is 3. The number of hydrogen-bond acceptors (Lipinski definition) is 6. The molecular formula is C28H31N5O4S. The van der Waals surface area contributed by atoms with Crippen LogP contribution in [0.5, 0.6) is 5.75 Å². The minimum Gasteiger partial charge on any atom is -0.490 e. The molecule has 2 fully saturated rings. The molecule has 1 saturated heterocycles. The van der Waals surface area contributed by atoms with E-state index in [1.165, 1.54) is 30.7 Å². The fourth-order valence-corrected chi connectivity index (χ4v) is 7.12. The zero-order chi connectivity index (χ0) is 26.2. The van der Waals surface area contributed by atoms with Crippen molar-refractivity contribution in [3.05, 3.63) is 54.7 Å². The average Bonchev–Trinajstić information content (AvgIpc) is 3.57. The van der Waals surface area contributed by atoms with Crippen molar-refractivity contribution < 1.29 is 19.1 Å². The highest BCUT2D eigenvalue weighted by atomic mass is 32.2. The molecule has 2 aromatic rings. The van der Waals surface area contributed by atoms with E-state index in [1.807, 2.05) is 30.3 Å². The maximum Gasteiger partial charge on any atom is 0.327 e. The van der Waals surface area contributed by atoms with Crippen molar-refractivity contribution in [3.8, 4) is 5.75 Å². The van der Waals surface area contributed by atoms with E-state index in [1.54, 1.807) is 16.0 Å². The van der Waals surface area contributed by atoms with Gasteiger partial charge in [0.15, 0.2) is 0 Å². The number of nitrogens with zero attached hydrogens (tertiary/aromatic N) is 3. The van der Waals surface area contributed by atoms with E-state index < -0.39 is 11.3 Å². The summed E-state index contributed by atoms with van der Waals surface area (Å²) in [6, 6.07) is 8.51. The molecule has 198 valence electrons. The van der Waals surface area contributed by atoms with E-state index in [2.05, 4.69) is 22.2 Å². The monoisotopic (exact) mass is 533 g/mol. The van der Waals surface area contributed by atoms with E-state index in [-0.39, 0.29) is 30.0 Å². The molecule has 2 unspecified atom stereocenters. The minimum atomic E-state index is -0.549. The molecule has 2 N–H and O–H groups in total. The van der Waals surface area contributed by atoms with Crippen LogP contribution in [0.1, 0.15) is 50.1 Å². The lowest BCUT2D eigenvalue weighted by Gasteiger charge is -2.35. The fraction of sp³-hybridized carbons (Fsp3) is 0.429. The van der Waals surface area contributed by atoms with Crippen molar-refractivity contribution in [2.45, 2.75) is 67.0 Å². The highest BCUT2D eigenvalue weighted by Gasteiger charge is 2.47. The number of anilines is 2. The van der Waals surface area contributed by atoms with Crippen LogP contribution in [-0.4, -0.2) is 58.2 Å². The minimum absolute atomic E-state index is 0.127. The first kappa shape index (κ1) is 24.8. The number of amides is 4. The van der Waals surface area contributed by atoms with E-state index in [0.29, 0.717) is 18.8 Å². The van der Waals surface area contributed by atoms with Gasteiger partial charge in [0, 0.05) is 37.0 Å². The SMILES string of the molecule is C=CC(=O)N1CCCC(NC(=O)[C@@H]2Sc3nccc4c3C2NC(=O)N4c2cccc(OC3CCCC3)c2)C1. The summed E-state index contributed by atoms with van der Waals surface area (Å²) in [4.78, 5) is 46.9. The lowest BCUT2D eigenvalue weighted by Crippen LogP contribution is -2.53. The Kier molecular flexibility index (Phi) is 6.73. The van der Waals surface area contributed by atoms with Gasteiger partial charge in [0.2, 0.25) is 11.8 Å². The molecule has 0 bridgehead atoms. The molecule has 4 amide bonds. The summed E-state index contributed by atoms with van der Waals surface area (Å²) < 4.78 is 6.18. The van der Waals surface area contributed by atoms with Gasteiger partial charge in [-0.15, -0.1) is 0 Å². The van der Waals surface area contributed by atoms with Crippen LogP contribution in [-0.2, 0) is 9.59 Å². The first-order valence-electron chi connectivity index (χ1n) is 13.3. The van der Waals surface area contributed by atoms with Crippen molar-refractivity contribution in [1.82, 2.24) is 20.5 Å². The largest absolute Gasteiger partial charge is 0.490 e. The number of aromatic nitrogens is 1. The molecule has 1 aromatic heterocycles. The van der Waals surface area contributed by atoms with E-state index in [4.69, 9.17) is 4.74 Å². The number of thioether (sulfide) groups is 1. The first-order chi connectivity index (χ1) is 18.5. The van der Waals surface area contributed by atoms with Gasteiger partial charge in [-0.2, -0.15) is 0 Å². The van der Waals surface area contributed by atoms with Gasteiger partial charge in [-0.05, 0) is 62.8 Å². The molecule has 9 nitrogen and oxygen atoms in total. The maximum atomic E-state index is 13.5. The summed E-state index contributed by atoms with van der Waals surface area (Å²) in [6.45, 7) is 4.68. The zero-order valence-electron chi connectivity index (χ0n) is 21.1. The summed E-state index contributed by atoms with van der Waals surface area (Å²) in [5, 5.41) is 6.37. The number of urea groups is 1. The predicted octanol–water partition coefficient (Wildman–Crippen LogP) is 4.07. The van der Waals surface area contributed by atoms with Crippen LogP contribution >= 0.6 is 11.8 Å². The lowest BCUT2D eigenvalue weighted by molar-refractivity contribution is -0.129. The summed E-state index contributed by atoms with van der Waals surface area (Å²) in [5.41, 5.74) is 2.29. The van der Waals surface area contributed by atoms with Crippen molar-refractivity contribution in [3.63, 3.8) is 0 Å². The molecular weight excluding hydrogens is 502 g/mol. The van der Waals surface area contributed by atoms with E-state index >= 15 is 0 Å². The summed E-state index contributed by atoms with van der Waals surface area (Å²) >= 11 is 1.37. The van der Waals surface area contributed by atoms with Crippen LogP contribution < -0.4 is 20.3 Å². The predicted molar refractivity (Wildman–Crippen MR) is 145 cm³/mol. The number of pyridine rings is 1. The van der Waals surface area contributed by atoms with Crippen LogP contribution in [0.25, 0.3) is 0 Å². The third-order valence-corrected chi connectivity index (χ3v) is 8.99. The summed E-state index contributed by atoms with van der Waals surface area (Å²) in [5.74, 6) is 0.457. The van der Waals surface area contributed by atoms with Crippen LogP contribution in [0.4, 0.5) is 16.2 Å². The standard InChI is InChI=1S/C28H31N5O4S/c1-2-22(34)32-14-6-7-17(16-32)30-26(35)25-24-23-21(12-13-29-27(23)38-25)33(28(36)31-24)18-8-5-11-20(15-18)37-19-9-3-4-10-19/h2,5,8,11-13,15,17,19,24-25H,1,3-4,6-7,9-10,14,16H2,(H,30,35)(H,31,36)/t17?,24?,25-/m1/s1. The van der Waals surface area contributed by atoms with Crippen molar-refractivity contribution in [2.75, 3.05) is 18.0 Å². The number of piperidine rings is 1. The molecule has 4 aliphatic rings. The van der Waals surface area contributed by atoms with Gasteiger partial charge < -0.3 is 20.3 Å². The average molecular weight is 534 g/mol. The van der Waals surface area contributed by atoms with Gasteiger partial charge in [0.05, 0.1) is 23.5 Å². The number of nitrogens with one attached hydrogen (secondary N) is 2. The van der Waals surface area contributed by atoms with E-state index in [0.717, 1.165) is 47.7 Å². The molecule has 6 rings (SSSR count). The van der Waals surface area contributed by atoms with Gasteiger partial charge in [-0.3, -0.25) is 14.5 Å². The van der Waals surface area contributed by atoms with Crippen LogP contribution in [0, 0.1) is 0 Å². The second kappa shape index (κ2) is 10.3. The topological polar surface area (TPSA) is 104 Å². The molecule has 1 aromatic carbocycles. The third kappa shape index (κ3) is 4.62. The van der Waals surface area contributed by atoms with Gasteiger partial charge in [0.1, 0.15) is 16.0 Å². The highest BCUT2D eigenvalue weighted by Crippen LogP contribution is 2.50. The van der Waals surface area contributed by atoms with Crippen molar-refractivity contribution >= 4 is 41.0 Å². The first-order valence-corrected chi connectivity index (χ1v) is 14.1. The number of hydrogen-bond donors (Lipinski definition) is 2. The second-order valence-electron chi connectivity index (χ2n) is 10.2. The molecule has 1 saturated carbocycles. The van der Waals surface area contributed by atoms with Gasteiger partial charge in [0.25, 0.3) is 0 Å². The number of benzene rings is 1. The number of ether oxygens (including phenoxy) is 1. The lowest BCUT2D eigenvalue weighted by atomic mass is 9.99. The Morgan fingerprint density at radius 2 is 2.03 bits per heavy atom. The molecule has 0 spiro atoms. The number of rotatable bonds is 6. The molecule has 0 radical (unpaired) electrons. The van der Waals surface area contributed by atoms with Gasteiger partial charge in [-0.25, -0.2) is 9.78 Å². The summed E-state index contributed by atoms with van der Waals surface area (Å²) in [6.07, 6.45) is 9.29. The van der Waals surface area contributed by atoms with Gasteiger partial charge >= 0.3 is 6.03 Å².